The minimum atomic E-state index is -1.18. The standard InChI is InChI=1S/2C3H7NO3.C3H7NO2S.2C2H5NO2/c2*4-2(1-5)3(6)7;4-2(1-7)3(5)6;2*3-1-2(4)5/h2*2,5H,1,4H2,(H,6,7);2,7H,1,4H2,(H,5,6);2*1,3H2,(H,4,5)/t3*2-;;/m000../s1. The minimum absolute atomic E-state index is 0.190. The van der Waals surface area contributed by atoms with Gasteiger partial charge in [0.1, 0.15) is 18.1 Å². The van der Waals surface area contributed by atoms with Gasteiger partial charge in [0.2, 0.25) is 0 Å². The van der Waals surface area contributed by atoms with Crippen molar-refractivity contribution < 1.29 is 59.7 Å². The highest BCUT2D eigenvalue weighted by Crippen LogP contribution is 1.80. The molecule has 0 saturated carbocycles. The Bertz CT molecular complexity index is 450. The van der Waals surface area contributed by atoms with Crippen LogP contribution in [0, 0.1) is 0 Å². The molecule has 3 atom stereocenters. The minimum Gasteiger partial charge on any atom is -0.480 e. The fraction of sp³-hybridized carbons (Fsp3) is 0.615. The summed E-state index contributed by atoms with van der Waals surface area (Å²) >= 11 is 3.65. The number of carbonyl (C=O) groups is 5. The molecule has 0 bridgehead atoms. The lowest BCUT2D eigenvalue weighted by Gasteiger charge is -1.96. The Morgan fingerprint density at radius 1 is 0.613 bits per heavy atom. The summed E-state index contributed by atoms with van der Waals surface area (Å²) in [6, 6.07) is -3.07. The van der Waals surface area contributed by atoms with Gasteiger partial charge in [0.25, 0.3) is 0 Å². The Labute approximate surface area is 181 Å². The molecule has 0 saturated heterocycles. The molecule has 31 heavy (non-hydrogen) atoms. The number of carboxylic acids is 5. The summed E-state index contributed by atoms with van der Waals surface area (Å²) < 4.78 is 0. The number of nitrogens with two attached hydrogens (primary N) is 5. The van der Waals surface area contributed by atoms with Crippen LogP contribution < -0.4 is 28.7 Å². The van der Waals surface area contributed by atoms with Crippen LogP contribution in [-0.2, 0) is 24.0 Å². The number of aliphatic carboxylic acids is 5. The van der Waals surface area contributed by atoms with Crippen molar-refractivity contribution >= 4 is 42.5 Å². The lowest BCUT2D eigenvalue weighted by molar-refractivity contribution is -0.140. The van der Waals surface area contributed by atoms with Crippen molar-refractivity contribution in [2.45, 2.75) is 18.1 Å². The predicted molar refractivity (Wildman–Crippen MR) is 108 cm³/mol. The first-order valence-corrected chi connectivity index (χ1v) is 8.33. The van der Waals surface area contributed by atoms with Crippen LogP contribution in [0.15, 0.2) is 0 Å². The third-order valence-electron chi connectivity index (χ3n) is 1.89. The Balaban J connectivity index is -0.0000000917. The van der Waals surface area contributed by atoms with E-state index in [2.05, 4.69) is 24.1 Å². The highest BCUT2D eigenvalue weighted by molar-refractivity contribution is 7.80. The molecule has 0 aliphatic carbocycles. The number of hydrogen-bond acceptors (Lipinski definition) is 13. The molecule has 0 heterocycles. The summed E-state index contributed by atoms with van der Waals surface area (Å²) in [5.41, 5.74) is 23.6. The smallest absolute Gasteiger partial charge is 0.322 e. The lowest BCUT2D eigenvalue weighted by atomic mass is 10.3. The molecule has 186 valence electrons. The monoisotopic (exact) mass is 481 g/mol. The zero-order chi connectivity index (χ0) is 26.2. The molecule has 0 radical (unpaired) electrons. The molecule has 0 aliphatic rings. The van der Waals surface area contributed by atoms with E-state index in [9.17, 15) is 24.0 Å². The molecule has 0 fully saturated rings. The largest absolute Gasteiger partial charge is 0.480 e. The van der Waals surface area contributed by atoms with E-state index < -0.39 is 61.2 Å². The van der Waals surface area contributed by atoms with Crippen LogP contribution in [-0.4, -0.2) is 116 Å². The summed E-state index contributed by atoms with van der Waals surface area (Å²) in [7, 11) is 0. The average molecular weight is 481 g/mol. The van der Waals surface area contributed by atoms with E-state index in [1.165, 1.54) is 0 Å². The first-order chi connectivity index (χ1) is 14.1. The van der Waals surface area contributed by atoms with Crippen LogP contribution >= 0.6 is 12.6 Å². The van der Waals surface area contributed by atoms with Crippen LogP contribution in [0.3, 0.4) is 0 Å². The number of thiol groups is 1. The van der Waals surface area contributed by atoms with E-state index in [1.54, 1.807) is 0 Å². The Morgan fingerprint density at radius 2 is 0.806 bits per heavy atom. The molecule has 0 rings (SSSR count). The van der Waals surface area contributed by atoms with Crippen molar-refractivity contribution in [2.75, 3.05) is 32.1 Å². The van der Waals surface area contributed by atoms with Gasteiger partial charge >= 0.3 is 29.8 Å². The van der Waals surface area contributed by atoms with E-state index in [1.807, 2.05) is 0 Å². The van der Waals surface area contributed by atoms with E-state index in [4.69, 9.17) is 52.9 Å². The maximum absolute atomic E-state index is 9.76. The number of hydrogen-bond donors (Lipinski definition) is 13. The Morgan fingerprint density at radius 3 is 0.806 bits per heavy atom. The highest BCUT2D eigenvalue weighted by Gasteiger charge is 2.07. The second kappa shape index (κ2) is 27.4. The third kappa shape index (κ3) is 47.0. The fourth-order valence-corrected chi connectivity index (χ4v) is 0.390. The lowest BCUT2D eigenvalue weighted by Crippen LogP contribution is -2.33. The summed E-state index contributed by atoms with van der Waals surface area (Å²) in [6.07, 6.45) is 0. The van der Waals surface area contributed by atoms with Crippen LogP contribution in [0.1, 0.15) is 0 Å². The van der Waals surface area contributed by atoms with Crippen molar-refractivity contribution in [2.24, 2.45) is 28.7 Å². The number of aliphatic hydroxyl groups is 2. The molecule has 0 aromatic heterocycles. The summed E-state index contributed by atoms with van der Waals surface area (Å²) in [4.78, 5) is 47.5. The van der Waals surface area contributed by atoms with E-state index in [-0.39, 0.29) is 18.8 Å². The molecule has 0 unspecified atom stereocenters. The molecule has 0 aromatic carbocycles. The molecule has 0 spiro atoms. The van der Waals surface area contributed by atoms with Crippen molar-refractivity contribution in [3.05, 3.63) is 0 Å². The normalized spacial score (nSPS) is 11.5. The third-order valence-corrected chi connectivity index (χ3v) is 2.28. The van der Waals surface area contributed by atoms with Gasteiger partial charge in [0.15, 0.2) is 0 Å². The van der Waals surface area contributed by atoms with Crippen LogP contribution in [0.25, 0.3) is 0 Å². The Hall–Kier alpha value is -2.58. The van der Waals surface area contributed by atoms with Crippen LogP contribution in [0.4, 0.5) is 0 Å². The zero-order valence-electron chi connectivity index (χ0n) is 16.3. The number of rotatable bonds is 8. The van der Waals surface area contributed by atoms with E-state index in [0.717, 1.165) is 0 Å². The van der Waals surface area contributed by atoms with Crippen molar-refractivity contribution in [3.63, 3.8) is 0 Å². The summed E-state index contributed by atoms with van der Waals surface area (Å²) in [5, 5.41) is 55.0. The predicted octanol–water partition coefficient (Wildman–Crippen LogP) is -5.83. The topological polar surface area (TPSA) is 357 Å². The second-order valence-corrected chi connectivity index (χ2v) is 4.94. The van der Waals surface area contributed by atoms with Gasteiger partial charge in [0, 0.05) is 5.75 Å². The molecule has 0 amide bonds. The Kier molecular flexibility index (Phi) is 34.5. The first kappa shape index (κ1) is 39.0. The van der Waals surface area contributed by atoms with Crippen molar-refractivity contribution in [1.29, 1.82) is 0 Å². The van der Waals surface area contributed by atoms with Gasteiger partial charge in [-0.15, -0.1) is 0 Å². The molecule has 18 heteroatoms. The van der Waals surface area contributed by atoms with Crippen LogP contribution in [0.5, 0.6) is 0 Å². The van der Waals surface area contributed by atoms with Gasteiger partial charge in [-0.1, -0.05) is 0 Å². The van der Waals surface area contributed by atoms with E-state index in [0.29, 0.717) is 0 Å². The van der Waals surface area contributed by atoms with Crippen molar-refractivity contribution in [3.8, 4) is 0 Å². The quantitative estimate of drug-likeness (QED) is 0.143. The fourth-order valence-electron chi connectivity index (χ4n) is 0.234. The molecule has 0 aliphatic heterocycles. The van der Waals surface area contributed by atoms with Crippen molar-refractivity contribution in [1.82, 2.24) is 0 Å². The average Bonchev–Trinajstić information content (AvgIpc) is 2.72. The molecule has 17 nitrogen and oxygen atoms in total. The number of carboxylic acid groups (broad SMARTS) is 5. The van der Waals surface area contributed by atoms with Gasteiger partial charge in [-0.25, -0.2) is 0 Å². The maximum Gasteiger partial charge on any atom is 0.322 e. The SMILES string of the molecule is NCC(=O)O.NCC(=O)O.N[C@@H](CO)C(=O)O.N[C@@H](CO)C(=O)O.N[C@@H](CS)C(=O)O. The maximum atomic E-state index is 9.76. The zero-order valence-corrected chi connectivity index (χ0v) is 17.2. The molecular formula is C13H31N5O12S. The van der Waals surface area contributed by atoms with Gasteiger partial charge in [-0.2, -0.15) is 12.6 Å². The van der Waals surface area contributed by atoms with Gasteiger partial charge < -0.3 is 64.4 Å². The molecule has 17 N–H and O–H groups in total. The van der Waals surface area contributed by atoms with Crippen LogP contribution in [0.2, 0.25) is 0 Å². The van der Waals surface area contributed by atoms with Gasteiger partial charge in [-0.05, 0) is 0 Å². The molecule has 0 aromatic rings. The number of aliphatic hydroxyl groups excluding tert-OH is 2. The second-order valence-electron chi connectivity index (χ2n) is 4.58. The van der Waals surface area contributed by atoms with Gasteiger partial charge in [0.05, 0.1) is 26.3 Å². The van der Waals surface area contributed by atoms with E-state index >= 15 is 0 Å². The first-order valence-electron chi connectivity index (χ1n) is 7.70. The summed E-state index contributed by atoms with van der Waals surface area (Å²) in [5.74, 6) is -5.11. The van der Waals surface area contributed by atoms with Gasteiger partial charge in [-0.3, -0.25) is 24.0 Å². The highest BCUT2D eigenvalue weighted by atomic mass is 32.1. The molecular weight excluding hydrogens is 450 g/mol. The summed E-state index contributed by atoms with van der Waals surface area (Å²) in [6.45, 7) is -1.56.